The average Bonchev–Trinajstić information content (AvgIpc) is 3.00. The number of Topliss-reactive ketones (excluding diaryl/α,β-unsaturated/α-hetero) is 1. The van der Waals surface area contributed by atoms with Crippen LogP contribution < -0.4 is 4.90 Å². The molecule has 1 aromatic heterocycles. The van der Waals surface area contributed by atoms with Gasteiger partial charge in [0, 0.05) is 11.8 Å². The summed E-state index contributed by atoms with van der Waals surface area (Å²) in [5, 5.41) is 10.8. The molecule has 1 aliphatic heterocycles. The van der Waals surface area contributed by atoms with Gasteiger partial charge in [-0.1, -0.05) is 48.5 Å². The van der Waals surface area contributed by atoms with Crippen molar-refractivity contribution in [2.45, 2.75) is 6.04 Å². The topological polar surface area (TPSA) is 70.5 Å². The van der Waals surface area contributed by atoms with Crippen LogP contribution in [0, 0.1) is 5.82 Å². The van der Waals surface area contributed by atoms with Gasteiger partial charge in [0.2, 0.25) is 0 Å². The van der Waals surface area contributed by atoms with Crippen LogP contribution in [-0.4, -0.2) is 21.8 Å². The van der Waals surface area contributed by atoms with Crippen LogP contribution in [0.2, 0.25) is 0 Å². The Hall–Kier alpha value is -3.80. The Morgan fingerprint density at radius 3 is 2.39 bits per heavy atom. The highest BCUT2D eigenvalue weighted by Gasteiger charge is 2.47. The molecule has 6 heteroatoms. The van der Waals surface area contributed by atoms with E-state index in [0.29, 0.717) is 11.1 Å². The van der Waals surface area contributed by atoms with Crippen LogP contribution in [0.1, 0.15) is 17.2 Å². The van der Waals surface area contributed by atoms with Crippen LogP contribution in [-0.2, 0) is 9.59 Å². The maximum atomic E-state index is 13.9. The molecule has 0 saturated carbocycles. The third kappa shape index (κ3) is 2.95. The van der Waals surface area contributed by atoms with Gasteiger partial charge in [-0.25, -0.2) is 9.37 Å². The zero-order valence-electron chi connectivity index (χ0n) is 14.6. The summed E-state index contributed by atoms with van der Waals surface area (Å²) < 4.78 is 13.9. The molecule has 3 aromatic rings. The van der Waals surface area contributed by atoms with E-state index in [2.05, 4.69) is 4.98 Å². The summed E-state index contributed by atoms with van der Waals surface area (Å²) in [4.78, 5) is 31.0. The molecule has 1 atom stereocenters. The van der Waals surface area contributed by atoms with Crippen molar-refractivity contribution in [3.63, 3.8) is 0 Å². The van der Waals surface area contributed by atoms with Crippen molar-refractivity contribution >= 4 is 23.3 Å². The van der Waals surface area contributed by atoms with E-state index in [0.717, 1.165) is 0 Å². The van der Waals surface area contributed by atoms with E-state index in [1.807, 2.05) is 0 Å². The first kappa shape index (κ1) is 17.6. The number of halogens is 1. The number of pyridine rings is 1. The maximum Gasteiger partial charge on any atom is 0.301 e. The van der Waals surface area contributed by atoms with Gasteiger partial charge in [0.25, 0.3) is 5.78 Å². The molecule has 5 nitrogen and oxygen atoms in total. The predicted octanol–water partition coefficient (Wildman–Crippen LogP) is 3.85. The highest BCUT2D eigenvalue weighted by atomic mass is 19.1. The largest absolute Gasteiger partial charge is 0.507 e. The fourth-order valence-electron chi connectivity index (χ4n) is 3.31. The minimum absolute atomic E-state index is 0.104. The average molecular weight is 374 g/mol. The van der Waals surface area contributed by atoms with Crippen molar-refractivity contribution in [1.82, 2.24) is 4.98 Å². The Labute approximate surface area is 160 Å². The van der Waals surface area contributed by atoms with Gasteiger partial charge in [0.15, 0.2) is 0 Å². The van der Waals surface area contributed by atoms with Gasteiger partial charge in [-0.05, 0) is 29.8 Å². The molecule has 1 saturated heterocycles. The Morgan fingerprint density at radius 2 is 1.71 bits per heavy atom. The van der Waals surface area contributed by atoms with Crippen molar-refractivity contribution in [1.29, 1.82) is 0 Å². The standard InChI is InChI=1S/C22H15FN2O3/c23-16-10-6-9-15(13-16)19-18(20(26)14-7-2-1-3-8-14)21(27)22(28)25(19)17-11-4-5-12-24-17/h1-13,19,26H/b20-18+. The Morgan fingerprint density at radius 1 is 0.964 bits per heavy atom. The Balaban J connectivity index is 1.96. The molecule has 1 unspecified atom stereocenters. The van der Waals surface area contributed by atoms with Crippen LogP contribution in [0.3, 0.4) is 0 Å². The second kappa shape index (κ2) is 7.08. The first-order valence-corrected chi connectivity index (χ1v) is 8.61. The quantitative estimate of drug-likeness (QED) is 0.430. The van der Waals surface area contributed by atoms with E-state index < -0.39 is 23.5 Å². The van der Waals surface area contributed by atoms with Gasteiger partial charge in [-0.3, -0.25) is 14.5 Å². The smallest absolute Gasteiger partial charge is 0.301 e. The minimum Gasteiger partial charge on any atom is -0.507 e. The molecule has 0 spiro atoms. The van der Waals surface area contributed by atoms with Crippen molar-refractivity contribution in [2.24, 2.45) is 0 Å². The number of nitrogens with zero attached hydrogens (tertiary/aromatic N) is 2. The lowest BCUT2D eigenvalue weighted by atomic mass is 9.95. The van der Waals surface area contributed by atoms with Gasteiger partial charge in [0.1, 0.15) is 17.4 Å². The molecule has 1 amide bonds. The van der Waals surface area contributed by atoms with Crippen LogP contribution in [0.5, 0.6) is 0 Å². The van der Waals surface area contributed by atoms with E-state index in [1.54, 1.807) is 54.6 Å². The lowest BCUT2D eigenvalue weighted by Gasteiger charge is -2.24. The maximum absolute atomic E-state index is 13.9. The number of hydrogen-bond donors (Lipinski definition) is 1. The van der Waals surface area contributed by atoms with Crippen LogP contribution in [0.25, 0.3) is 5.76 Å². The van der Waals surface area contributed by atoms with Gasteiger partial charge >= 0.3 is 5.91 Å². The highest BCUT2D eigenvalue weighted by molar-refractivity contribution is 6.51. The summed E-state index contributed by atoms with van der Waals surface area (Å²) in [5.41, 5.74) is 0.651. The molecular formula is C22H15FN2O3. The monoisotopic (exact) mass is 374 g/mol. The van der Waals surface area contributed by atoms with Gasteiger partial charge in [-0.15, -0.1) is 0 Å². The summed E-state index contributed by atoms with van der Waals surface area (Å²) in [6.07, 6.45) is 1.49. The molecule has 138 valence electrons. The van der Waals surface area contributed by atoms with Gasteiger partial charge < -0.3 is 5.11 Å². The van der Waals surface area contributed by atoms with Crippen LogP contribution >= 0.6 is 0 Å². The van der Waals surface area contributed by atoms with E-state index in [4.69, 9.17) is 0 Å². The molecule has 0 bridgehead atoms. The van der Waals surface area contributed by atoms with E-state index in [9.17, 15) is 19.1 Å². The molecule has 0 radical (unpaired) electrons. The van der Waals surface area contributed by atoms with Crippen molar-refractivity contribution < 1.29 is 19.1 Å². The summed E-state index contributed by atoms with van der Waals surface area (Å²) in [7, 11) is 0. The first-order valence-electron chi connectivity index (χ1n) is 8.61. The van der Waals surface area contributed by atoms with Crippen LogP contribution in [0.4, 0.5) is 10.2 Å². The number of hydrogen-bond acceptors (Lipinski definition) is 4. The Kier molecular flexibility index (Phi) is 4.45. The molecular weight excluding hydrogens is 359 g/mol. The Bertz CT molecular complexity index is 1080. The number of aliphatic hydroxyl groups is 1. The number of carbonyl (C=O) groups excluding carboxylic acids is 2. The van der Waals surface area contributed by atoms with Gasteiger partial charge in [0.05, 0.1) is 11.6 Å². The number of amides is 1. The molecule has 1 aliphatic rings. The lowest BCUT2D eigenvalue weighted by Crippen LogP contribution is -2.30. The van der Waals surface area contributed by atoms with Gasteiger partial charge in [-0.2, -0.15) is 0 Å². The number of aliphatic hydroxyl groups excluding tert-OH is 1. The zero-order chi connectivity index (χ0) is 19.7. The molecule has 2 aromatic carbocycles. The SMILES string of the molecule is O=C1C(=O)N(c2ccccn2)C(c2cccc(F)c2)/C1=C(\O)c1ccccc1. The third-order valence-corrected chi connectivity index (χ3v) is 4.55. The second-order valence-electron chi connectivity index (χ2n) is 6.28. The lowest BCUT2D eigenvalue weighted by molar-refractivity contribution is -0.132. The minimum atomic E-state index is -0.995. The molecule has 4 rings (SSSR count). The number of rotatable bonds is 3. The molecule has 28 heavy (non-hydrogen) atoms. The molecule has 1 N–H and O–H groups in total. The highest BCUT2D eigenvalue weighted by Crippen LogP contribution is 2.41. The normalized spacial score (nSPS) is 18.5. The number of aromatic nitrogens is 1. The number of ketones is 1. The van der Waals surface area contributed by atoms with E-state index in [1.165, 1.54) is 29.3 Å². The fourth-order valence-corrected chi connectivity index (χ4v) is 3.31. The predicted molar refractivity (Wildman–Crippen MR) is 102 cm³/mol. The second-order valence-corrected chi connectivity index (χ2v) is 6.28. The number of carbonyl (C=O) groups is 2. The summed E-state index contributed by atoms with van der Waals surface area (Å²) in [5.74, 6) is -2.26. The van der Waals surface area contributed by atoms with Crippen molar-refractivity contribution in [2.75, 3.05) is 4.90 Å². The van der Waals surface area contributed by atoms with E-state index >= 15 is 0 Å². The molecule has 1 fully saturated rings. The third-order valence-electron chi connectivity index (χ3n) is 4.55. The van der Waals surface area contributed by atoms with Crippen molar-refractivity contribution in [3.8, 4) is 0 Å². The molecule has 0 aliphatic carbocycles. The summed E-state index contributed by atoms with van der Waals surface area (Å²) in [6.45, 7) is 0. The zero-order valence-corrected chi connectivity index (χ0v) is 14.6. The fraction of sp³-hybridized carbons (Fsp3) is 0.0455. The summed E-state index contributed by atoms with van der Waals surface area (Å²) in [6, 6.07) is 18.0. The van der Waals surface area contributed by atoms with E-state index in [-0.39, 0.29) is 17.2 Å². The van der Waals surface area contributed by atoms with Crippen molar-refractivity contribution in [3.05, 3.63) is 102 Å². The van der Waals surface area contributed by atoms with Crippen LogP contribution in [0.15, 0.2) is 84.6 Å². The summed E-state index contributed by atoms with van der Waals surface area (Å²) >= 11 is 0. The first-order chi connectivity index (χ1) is 13.6. The molecule has 2 heterocycles. The number of benzene rings is 2. The number of anilines is 1.